The molecule has 2 unspecified atom stereocenters. The summed E-state index contributed by atoms with van der Waals surface area (Å²) in [5.74, 6) is -0.600. The van der Waals surface area contributed by atoms with Gasteiger partial charge in [0.05, 0.1) is 19.1 Å². The summed E-state index contributed by atoms with van der Waals surface area (Å²) in [5.41, 5.74) is 2.45. The molecule has 0 spiro atoms. The van der Waals surface area contributed by atoms with Crippen molar-refractivity contribution in [1.29, 1.82) is 0 Å². The molecule has 1 aliphatic rings. The van der Waals surface area contributed by atoms with Gasteiger partial charge in [-0.25, -0.2) is 0 Å². The first-order chi connectivity index (χ1) is 10.0. The predicted molar refractivity (Wildman–Crippen MR) is 79.6 cm³/mol. The topological polar surface area (TPSA) is 58.6 Å². The van der Waals surface area contributed by atoms with Crippen molar-refractivity contribution in [2.45, 2.75) is 25.9 Å². The molecule has 0 radical (unpaired) electrons. The molecule has 21 heavy (non-hydrogen) atoms. The van der Waals surface area contributed by atoms with Crippen LogP contribution in [-0.2, 0) is 27.3 Å². The molecule has 2 rings (SSSR count). The summed E-state index contributed by atoms with van der Waals surface area (Å²) in [5, 5.41) is 3.27. The molecule has 0 fully saturated rings. The van der Waals surface area contributed by atoms with Crippen LogP contribution >= 0.6 is 0 Å². The molecule has 1 N–H and O–H groups in total. The maximum atomic E-state index is 12.5. The molecule has 0 bridgehead atoms. The van der Waals surface area contributed by atoms with Crippen LogP contribution in [-0.4, -0.2) is 43.5 Å². The lowest BCUT2D eigenvalue weighted by Gasteiger charge is -2.29. The zero-order valence-electron chi connectivity index (χ0n) is 12.8. The van der Waals surface area contributed by atoms with E-state index in [-0.39, 0.29) is 23.8 Å². The lowest BCUT2D eigenvalue weighted by Crippen LogP contribution is -2.49. The lowest BCUT2D eigenvalue weighted by molar-refractivity contribution is -0.146. The first-order valence-corrected chi connectivity index (χ1v) is 7.16. The van der Waals surface area contributed by atoms with Gasteiger partial charge >= 0.3 is 5.97 Å². The Morgan fingerprint density at radius 1 is 1.38 bits per heavy atom. The normalized spacial score (nSPS) is 18.5. The first kappa shape index (κ1) is 15.5. The number of amides is 1. The molecule has 1 heterocycles. The van der Waals surface area contributed by atoms with Gasteiger partial charge in [0.15, 0.2) is 0 Å². The Morgan fingerprint density at radius 3 is 2.71 bits per heavy atom. The summed E-state index contributed by atoms with van der Waals surface area (Å²) in [6.07, 6.45) is 0.686. The Morgan fingerprint density at radius 2 is 2.05 bits per heavy atom. The second-order valence-corrected chi connectivity index (χ2v) is 5.55. The van der Waals surface area contributed by atoms with E-state index in [9.17, 15) is 9.59 Å². The Bertz CT molecular complexity index is 530. The van der Waals surface area contributed by atoms with Gasteiger partial charge in [0.25, 0.3) is 0 Å². The average Bonchev–Trinajstić information content (AvgIpc) is 2.52. The standard InChI is InChI=1S/C16H22N2O3/c1-11(16(20)21-3)10-18(2)15(19)14-8-12-6-4-5-7-13(12)9-17-14/h4-7,11,14,17H,8-10H2,1-3H3. The van der Waals surface area contributed by atoms with Gasteiger partial charge in [0.2, 0.25) is 5.91 Å². The van der Waals surface area contributed by atoms with Crippen molar-refractivity contribution in [3.63, 3.8) is 0 Å². The van der Waals surface area contributed by atoms with E-state index in [1.165, 1.54) is 18.2 Å². The molecule has 2 atom stereocenters. The molecular formula is C16H22N2O3. The summed E-state index contributed by atoms with van der Waals surface area (Å²) in [7, 11) is 3.09. The van der Waals surface area contributed by atoms with Crippen molar-refractivity contribution >= 4 is 11.9 Å². The minimum absolute atomic E-state index is 0.0141. The number of hydrogen-bond donors (Lipinski definition) is 1. The molecule has 1 aromatic carbocycles. The van der Waals surface area contributed by atoms with Crippen molar-refractivity contribution in [1.82, 2.24) is 10.2 Å². The van der Waals surface area contributed by atoms with Gasteiger partial charge in [-0.05, 0) is 17.5 Å². The number of methoxy groups -OCH3 is 1. The number of benzene rings is 1. The molecular weight excluding hydrogens is 268 g/mol. The van der Waals surface area contributed by atoms with Gasteiger partial charge in [-0.1, -0.05) is 31.2 Å². The van der Waals surface area contributed by atoms with E-state index in [1.807, 2.05) is 12.1 Å². The van der Waals surface area contributed by atoms with Crippen molar-refractivity contribution in [2.75, 3.05) is 20.7 Å². The van der Waals surface area contributed by atoms with E-state index in [4.69, 9.17) is 4.74 Å². The highest BCUT2D eigenvalue weighted by Gasteiger charge is 2.28. The molecule has 0 aromatic heterocycles. The second kappa shape index (κ2) is 6.72. The van der Waals surface area contributed by atoms with E-state index < -0.39 is 0 Å². The number of ether oxygens (including phenoxy) is 1. The summed E-state index contributed by atoms with van der Waals surface area (Å²) in [6.45, 7) is 2.83. The lowest BCUT2D eigenvalue weighted by atomic mass is 9.95. The van der Waals surface area contributed by atoms with Crippen LogP contribution in [0.3, 0.4) is 0 Å². The Balaban J connectivity index is 1.96. The SMILES string of the molecule is COC(=O)C(C)CN(C)C(=O)C1Cc2ccccc2CN1. The number of likely N-dealkylation sites (N-methyl/N-ethyl adjacent to an activating group) is 1. The van der Waals surface area contributed by atoms with Crippen LogP contribution in [0.1, 0.15) is 18.1 Å². The Kier molecular flexibility index (Phi) is 4.96. The van der Waals surface area contributed by atoms with Gasteiger partial charge in [-0.2, -0.15) is 0 Å². The third-order valence-corrected chi connectivity index (χ3v) is 3.91. The molecule has 0 aliphatic carbocycles. The van der Waals surface area contributed by atoms with Gasteiger partial charge in [-0.15, -0.1) is 0 Å². The number of carbonyl (C=O) groups is 2. The fraction of sp³-hybridized carbons (Fsp3) is 0.500. The largest absolute Gasteiger partial charge is 0.469 e. The highest BCUT2D eigenvalue weighted by atomic mass is 16.5. The minimum atomic E-state index is -0.320. The fourth-order valence-corrected chi connectivity index (χ4v) is 2.67. The van der Waals surface area contributed by atoms with Crippen molar-refractivity contribution in [2.24, 2.45) is 5.92 Å². The average molecular weight is 290 g/mol. The monoisotopic (exact) mass is 290 g/mol. The molecule has 0 saturated carbocycles. The van der Waals surface area contributed by atoms with Gasteiger partial charge in [-0.3, -0.25) is 9.59 Å². The molecule has 1 aromatic rings. The Labute approximate surface area is 125 Å². The number of hydrogen-bond acceptors (Lipinski definition) is 4. The van der Waals surface area contributed by atoms with E-state index in [0.29, 0.717) is 19.5 Å². The van der Waals surface area contributed by atoms with Crippen molar-refractivity contribution < 1.29 is 14.3 Å². The quantitative estimate of drug-likeness (QED) is 0.840. The van der Waals surface area contributed by atoms with E-state index in [0.717, 1.165) is 0 Å². The second-order valence-electron chi connectivity index (χ2n) is 5.55. The highest BCUT2D eigenvalue weighted by Crippen LogP contribution is 2.17. The minimum Gasteiger partial charge on any atom is -0.469 e. The van der Waals surface area contributed by atoms with E-state index in [1.54, 1.807) is 18.9 Å². The number of fused-ring (bicyclic) bond motifs is 1. The number of nitrogens with one attached hydrogen (secondary N) is 1. The van der Waals surface area contributed by atoms with Crippen LogP contribution in [0.2, 0.25) is 0 Å². The fourth-order valence-electron chi connectivity index (χ4n) is 2.67. The molecule has 1 amide bonds. The summed E-state index contributed by atoms with van der Waals surface area (Å²) >= 11 is 0. The smallest absolute Gasteiger partial charge is 0.310 e. The highest BCUT2D eigenvalue weighted by molar-refractivity contribution is 5.83. The van der Waals surface area contributed by atoms with Crippen LogP contribution in [0, 0.1) is 5.92 Å². The summed E-state index contributed by atoms with van der Waals surface area (Å²) in [4.78, 5) is 25.5. The summed E-state index contributed by atoms with van der Waals surface area (Å²) in [6, 6.07) is 7.91. The molecule has 0 saturated heterocycles. The molecule has 114 valence electrons. The number of esters is 1. The molecule has 5 heteroatoms. The molecule has 5 nitrogen and oxygen atoms in total. The van der Waals surface area contributed by atoms with Crippen LogP contribution in [0.15, 0.2) is 24.3 Å². The zero-order valence-corrected chi connectivity index (χ0v) is 12.8. The first-order valence-electron chi connectivity index (χ1n) is 7.16. The zero-order chi connectivity index (χ0) is 15.4. The van der Waals surface area contributed by atoms with Crippen LogP contribution in [0.25, 0.3) is 0 Å². The van der Waals surface area contributed by atoms with Gasteiger partial charge in [0, 0.05) is 20.1 Å². The van der Waals surface area contributed by atoms with Crippen LogP contribution in [0.5, 0.6) is 0 Å². The summed E-state index contributed by atoms with van der Waals surface area (Å²) < 4.78 is 4.69. The predicted octanol–water partition coefficient (Wildman–Crippen LogP) is 0.968. The van der Waals surface area contributed by atoms with Crippen molar-refractivity contribution in [3.8, 4) is 0 Å². The van der Waals surface area contributed by atoms with Crippen LogP contribution in [0.4, 0.5) is 0 Å². The third-order valence-electron chi connectivity index (χ3n) is 3.91. The van der Waals surface area contributed by atoms with Crippen LogP contribution < -0.4 is 5.32 Å². The number of carbonyl (C=O) groups excluding carboxylic acids is 2. The van der Waals surface area contributed by atoms with E-state index >= 15 is 0 Å². The van der Waals surface area contributed by atoms with Crippen molar-refractivity contribution in [3.05, 3.63) is 35.4 Å². The number of rotatable bonds is 4. The number of nitrogens with zero attached hydrogens (tertiary/aromatic N) is 1. The maximum absolute atomic E-state index is 12.5. The van der Waals surface area contributed by atoms with Gasteiger partial charge < -0.3 is 15.0 Å². The maximum Gasteiger partial charge on any atom is 0.310 e. The van der Waals surface area contributed by atoms with Gasteiger partial charge in [0.1, 0.15) is 0 Å². The van der Waals surface area contributed by atoms with E-state index in [2.05, 4.69) is 17.4 Å². The molecule has 1 aliphatic heterocycles. The third kappa shape index (κ3) is 3.61. The Hall–Kier alpha value is -1.88.